The summed E-state index contributed by atoms with van der Waals surface area (Å²) in [6.07, 6.45) is 2.31. The maximum atomic E-state index is 12.1. The van der Waals surface area contributed by atoms with Crippen molar-refractivity contribution in [3.63, 3.8) is 0 Å². The Morgan fingerprint density at radius 2 is 1.83 bits per heavy atom. The van der Waals surface area contributed by atoms with Gasteiger partial charge in [0, 0.05) is 6.54 Å². The minimum Gasteiger partial charge on any atom is -1.00 e. The number of hydrogen-bond acceptors (Lipinski definition) is 4. The molecule has 1 heterocycles. The van der Waals surface area contributed by atoms with Gasteiger partial charge in [0.25, 0.3) is 5.56 Å². The molecule has 0 aliphatic carbocycles. The molecule has 0 atom stereocenters. The summed E-state index contributed by atoms with van der Waals surface area (Å²) in [5.41, 5.74) is 4.85. The van der Waals surface area contributed by atoms with E-state index in [1.165, 1.54) is 9.47 Å². The first-order valence-corrected chi connectivity index (χ1v) is 7.94. The summed E-state index contributed by atoms with van der Waals surface area (Å²) in [4.78, 5) is 38.9. The van der Waals surface area contributed by atoms with Crippen LogP contribution >= 0.6 is 0 Å². The van der Waals surface area contributed by atoms with Crippen LogP contribution in [0.1, 0.15) is 26.7 Å². The van der Waals surface area contributed by atoms with E-state index in [1.54, 1.807) is 0 Å². The topological polar surface area (TPSA) is 101 Å². The molecular weight excluding hydrogens is 378 g/mol. The molecule has 138 valence electrons. The van der Waals surface area contributed by atoms with Gasteiger partial charge in [-0.1, -0.05) is 13.8 Å². The van der Waals surface area contributed by atoms with E-state index in [4.69, 9.17) is 5.73 Å². The van der Waals surface area contributed by atoms with Crippen molar-refractivity contribution in [2.24, 2.45) is 0 Å². The summed E-state index contributed by atoms with van der Waals surface area (Å²) < 4.78 is 2.02. The smallest absolute Gasteiger partial charge is 0.330 e. The molecule has 0 fully saturated rings. The lowest BCUT2D eigenvalue weighted by molar-refractivity contribution is -0.888. The van der Waals surface area contributed by atoms with Crippen LogP contribution in [-0.4, -0.2) is 54.2 Å². The Morgan fingerprint density at radius 3 is 2.33 bits per heavy atom. The number of likely N-dealkylation sites (N-methyl/N-ethyl adjacent to an activating group) is 1. The van der Waals surface area contributed by atoms with Gasteiger partial charge < -0.3 is 32.1 Å². The Balaban J connectivity index is 0.00000529. The molecule has 3 N–H and O–H groups in total. The third kappa shape index (κ3) is 5.48. The molecule has 8 nitrogen and oxygen atoms in total. The number of H-pyrrole nitrogens is 1. The maximum absolute atomic E-state index is 12.1. The molecule has 0 aliphatic rings. The fraction of sp³-hybridized carbons (Fsp3) is 0.667. The Kier molecular flexibility index (Phi) is 8.98. The number of aromatic nitrogens is 2. The monoisotopic (exact) mass is 405 g/mol. The maximum Gasteiger partial charge on any atom is 0.330 e. The molecule has 1 aromatic heterocycles. The quantitative estimate of drug-likeness (QED) is 0.337. The molecular formula is C15H28BrN5O3. The SMILES string of the molecule is CCCn1c(N)c(N(C=O)CC[N+](C)(C)CCC)c(=O)[nH]c1=O.[Br-]. The number of nitrogens with zero attached hydrogens (tertiary/aromatic N) is 3. The molecule has 9 heteroatoms. The van der Waals surface area contributed by atoms with Gasteiger partial charge in [-0.15, -0.1) is 0 Å². The zero-order valence-corrected chi connectivity index (χ0v) is 16.4. The molecule has 0 aliphatic heterocycles. The van der Waals surface area contributed by atoms with E-state index < -0.39 is 11.2 Å². The Morgan fingerprint density at radius 1 is 1.21 bits per heavy atom. The first-order valence-electron chi connectivity index (χ1n) is 7.94. The lowest BCUT2D eigenvalue weighted by atomic mass is 10.3. The standard InChI is InChI=1S/C15H27N5O3.BrH/c1-5-7-19-13(16)12(14(22)17-15(19)23)18(11-21)8-10-20(3,4)9-6-2;/h11H,5-10H2,1-4H3,(H2-,16,17,22,23);1H. The summed E-state index contributed by atoms with van der Waals surface area (Å²) in [6, 6.07) is 0. The van der Waals surface area contributed by atoms with E-state index in [0.717, 1.165) is 17.4 Å². The lowest BCUT2D eigenvalue weighted by Crippen LogP contribution is -3.00. The number of hydrogen-bond donors (Lipinski definition) is 2. The van der Waals surface area contributed by atoms with Crippen molar-refractivity contribution in [3.8, 4) is 0 Å². The predicted octanol–water partition coefficient (Wildman–Crippen LogP) is -3.02. The zero-order valence-electron chi connectivity index (χ0n) is 14.8. The van der Waals surface area contributed by atoms with Crippen LogP contribution in [0.15, 0.2) is 9.59 Å². The Bertz CT molecular complexity index is 653. The minimum absolute atomic E-state index is 0. The molecule has 0 spiro atoms. The van der Waals surface area contributed by atoms with Crippen molar-refractivity contribution in [2.45, 2.75) is 33.2 Å². The number of rotatable bonds is 9. The highest BCUT2D eigenvalue weighted by Gasteiger charge is 2.21. The number of nitrogens with two attached hydrogens (primary N) is 1. The predicted molar refractivity (Wildman–Crippen MR) is 91.6 cm³/mol. The fourth-order valence-electron chi connectivity index (χ4n) is 2.61. The molecule has 0 bridgehead atoms. The first kappa shape index (κ1) is 22.4. The Hall–Kier alpha value is -1.61. The highest BCUT2D eigenvalue weighted by Crippen LogP contribution is 2.15. The van der Waals surface area contributed by atoms with Gasteiger partial charge >= 0.3 is 5.69 Å². The second-order valence-corrected chi connectivity index (χ2v) is 6.33. The molecule has 1 amide bonds. The van der Waals surface area contributed by atoms with Gasteiger partial charge in [0.2, 0.25) is 6.41 Å². The van der Waals surface area contributed by atoms with Gasteiger partial charge in [0.1, 0.15) is 5.82 Å². The van der Waals surface area contributed by atoms with Crippen LogP contribution in [0, 0.1) is 0 Å². The van der Waals surface area contributed by atoms with Crippen LogP contribution in [0.3, 0.4) is 0 Å². The van der Waals surface area contributed by atoms with Crippen molar-refractivity contribution < 1.29 is 26.3 Å². The van der Waals surface area contributed by atoms with Crippen LogP contribution < -0.4 is 38.9 Å². The highest BCUT2D eigenvalue weighted by atomic mass is 79.9. The number of aromatic amines is 1. The van der Waals surface area contributed by atoms with Crippen LogP contribution in [0.25, 0.3) is 0 Å². The van der Waals surface area contributed by atoms with Gasteiger partial charge in [0.05, 0.1) is 33.7 Å². The Labute approximate surface area is 152 Å². The van der Waals surface area contributed by atoms with Gasteiger partial charge in [0.15, 0.2) is 5.69 Å². The molecule has 0 unspecified atom stereocenters. The first-order chi connectivity index (χ1) is 10.8. The third-order valence-electron chi connectivity index (χ3n) is 3.85. The zero-order chi connectivity index (χ0) is 17.6. The van der Waals surface area contributed by atoms with E-state index in [1.807, 2.05) is 6.92 Å². The number of anilines is 2. The molecule has 1 rings (SSSR count). The number of halogens is 1. The van der Waals surface area contributed by atoms with Crippen LogP contribution in [0.2, 0.25) is 0 Å². The van der Waals surface area contributed by atoms with E-state index in [9.17, 15) is 14.4 Å². The molecule has 0 aromatic carbocycles. The number of carbonyl (C=O) groups excluding carboxylic acids is 1. The van der Waals surface area contributed by atoms with E-state index in [0.29, 0.717) is 32.5 Å². The lowest BCUT2D eigenvalue weighted by Gasteiger charge is -2.31. The fourth-order valence-corrected chi connectivity index (χ4v) is 2.61. The minimum atomic E-state index is -0.632. The molecule has 1 aromatic rings. The molecule has 0 saturated carbocycles. The number of carbonyl (C=O) groups is 1. The summed E-state index contributed by atoms with van der Waals surface area (Å²) in [5, 5.41) is 0. The number of nitrogens with one attached hydrogen (secondary N) is 1. The summed E-state index contributed by atoms with van der Waals surface area (Å²) >= 11 is 0. The average Bonchev–Trinajstić information content (AvgIpc) is 2.46. The molecule has 24 heavy (non-hydrogen) atoms. The normalized spacial score (nSPS) is 11.0. The van der Waals surface area contributed by atoms with E-state index in [2.05, 4.69) is 26.0 Å². The van der Waals surface area contributed by atoms with Crippen molar-refractivity contribution in [1.29, 1.82) is 0 Å². The van der Waals surface area contributed by atoms with Gasteiger partial charge in [-0.2, -0.15) is 0 Å². The average molecular weight is 406 g/mol. The van der Waals surface area contributed by atoms with Crippen LogP contribution in [-0.2, 0) is 11.3 Å². The van der Waals surface area contributed by atoms with E-state index >= 15 is 0 Å². The van der Waals surface area contributed by atoms with Crippen molar-refractivity contribution in [3.05, 3.63) is 20.8 Å². The molecule has 0 saturated heterocycles. The van der Waals surface area contributed by atoms with Gasteiger partial charge in [-0.05, 0) is 12.8 Å². The van der Waals surface area contributed by atoms with Crippen LogP contribution in [0.4, 0.5) is 11.5 Å². The van der Waals surface area contributed by atoms with E-state index in [-0.39, 0.29) is 28.5 Å². The highest BCUT2D eigenvalue weighted by molar-refractivity contribution is 5.80. The van der Waals surface area contributed by atoms with Gasteiger partial charge in [-0.25, -0.2) is 4.79 Å². The van der Waals surface area contributed by atoms with Crippen molar-refractivity contribution >= 4 is 17.9 Å². The van der Waals surface area contributed by atoms with Crippen LogP contribution in [0.5, 0.6) is 0 Å². The van der Waals surface area contributed by atoms with Crippen molar-refractivity contribution in [1.82, 2.24) is 9.55 Å². The third-order valence-corrected chi connectivity index (χ3v) is 3.85. The number of quaternary nitrogens is 1. The molecule has 0 radical (unpaired) electrons. The summed E-state index contributed by atoms with van der Waals surface area (Å²) in [5.74, 6) is 0.0356. The second-order valence-electron chi connectivity index (χ2n) is 6.33. The number of amides is 1. The summed E-state index contributed by atoms with van der Waals surface area (Å²) in [6.45, 7) is 6.39. The van der Waals surface area contributed by atoms with Gasteiger partial charge in [-0.3, -0.25) is 19.1 Å². The van der Waals surface area contributed by atoms with Crippen molar-refractivity contribution in [2.75, 3.05) is 44.4 Å². The largest absolute Gasteiger partial charge is 1.00 e. The second kappa shape index (κ2) is 9.63. The summed E-state index contributed by atoms with van der Waals surface area (Å²) in [7, 11) is 4.14. The number of nitrogen functional groups attached to an aromatic ring is 1.